The molecule has 1 heterocycles. The molecule has 0 aliphatic carbocycles. The summed E-state index contributed by atoms with van der Waals surface area (Å²) in [5, 5.41) is 24.0. The van der Waals surface area contributed by atoms with Gasteiger partial charge in [0.05, 0.1) is 17.0 Å². The van der Waals surface area contributed by atoms with E-state index in [2.05, 4.69) is 15.5 Å². The van der Waals surface area contributed by atoms with Crippen LogP contribution in [0.25, 0.3) is 0 Å². The van der Waals surface area contributed by atoms with Crippen molar-refractivity contribution >= 4 is 23.4 Å². The van der Waals surface area contributed by atoms with Gasteiger partial charge in [0, 0.05) is 12.1 Å². The molecule has 7 nitrogen and oxygen atoms in total. The molecule has 1 aliphatic rings. The minimum absolute atomic E-state index is 0.293. The maximum Gasteiger partial charge on any atom is 0.409 e. The first kappa shape index (κ1) is 22.8. The van der Waals surface area contributed by atoms with Gasteiger partial charge in [0.2, 0.25) is 0 Å². The first-order chi connectivity index (χ1) is 14.7. The van der Waals surface area contributed by atoms with Gasteiger partial charge in [-0.25, -0.2) is 4.79 Å². The van der Waals surface area contributed by atoms with Gasteiger partial charge in [-0.1, -0.05) is 24.3 Å². The fourth-order valence-corrected chi connectivity index (χ4v) is 4.09. The van der Waals surface area contributed by atoms with E-state index in [0.717, 1.165) is 44.5 Å². The molecule has 3 rings (SSSR count). The number of carbonyl (C=O) groups excluding carboxylic acids is 1. The highest BCUT2D eigenvalue weighted by molar-refractivity contribution is 6.06. The number of anilines is 2. The Labute approximate surface area is 183 Å². The van der Waals surface area contributed by atoms with Crippen LogP contribution in [0.4, 0.5) is 16.2 Å². The highest BCUT2D eigenvalue weighted by Crippen LogP contribution is 2.27. The zero-order valence-corrected chi connectivity index (χ0v) is 18.1. The molecule has 0 saturated carbocycles. The normalized spacial score (nSPS) is 15.5. The Bertz CT molecular complexity index is 898. The van der Waals surface area contributed by atoms with Crippen LogP contribution < -0.4 is 10.6 Å². The molecule has 1 aliphatic heterocycles. The zero-order valence-electron chi connectivity index (χ0n) is 18.1. The van der Waals surface area contributed by atoms with E-state index in [4.69, 9.17) is 5.11 Å². The van der Waals surface area contributed by atoms with E-state index in [1.54, 1.807) is 36.4 Å². The topological polar surface area (TPSA) is 102 Å². The van der Waals surface area contributed by atoms with E-state index in [9.17, 15) is 14.7 Å². The van der Waals surface area contributed by atoms with Crippen molar-refractivity contribution in [3.8, 4) is 0 Å². The van der Waals surface area contributed by atoms with Gasteiger partial charge in [0.25, 0.3) is 5.91 Å². The predicted molar refractivity (Wildman–Crippen MR) is 121 cm³/mol. The van der Waals surface area contributed by atoms with Gasteiger partial charge in [-0.05, 0) is 81.9 Å². The number of carboxylic acid groups (broad SMARTS) is 1. The molecule has 2 aromatic rings. The van der Waals surface area contributed by atoms with Gasteiger partial charge >= 0.3 is 6.09 Å². The summed E-state index contributed by atoms with van der Waals surface area (Å²) >= 11 is 0. The lowest BCUT2D eigenvalue weighted by molar-refractivity contribution is 0.0368. The van der Waals surface area contributed by atoms with E-state index in [-0.39, 0.29) is 5.91 Å². The number of nitrogens with one attached hydrogen (secondary N) is 2. The maximum atomic E-state index is 12.6. The third-order valence-electron chi connectivity index (χ3n) is 5.53. The van der Waals surface area contributed by atoms with E-state index >= 15 is 0 Å². The van der Waals surface area contributed by atoms with Gasteiger partial charge < -0.3 is 15.5 Å². The number of carbonyl (C=O) groups is 2. The number of nitrogens with zero attached hydrogens (tertiary/aromatic N) is 1. The van der Waals surface area contributed by atoms with Crippen molar-refractivity contribution in [3.63, 3.8) is 0 Å². The highest BCUT2D eigenvalue weighted by Gasteiger charge is 2.25. The van der Waals surface area contributed by atoms with Gasteiger partial charge in [0.15, 0.2) is 0 Å². The number of para-hydroxylation sites is 2. The number of likely N-dealkylation sites (tertiary alicyclic amines) is 1. The number of benzene rings is 2. The molecule has 0 atom stereocenters. The Morgan fingerprint density at radius 1 is 1.00 bits per heavy atom. The van der Waals surface area contributed by atoms with Gasteiger partial charge in [-0.15, -0.1) is 0 Å². The van der Waals surface area contributed by atoms with Crippen LogP contribution in [0, 0.1) is 5.92 Å². The number of hydrogen-bond donors (Lipinski definition) is 4. The third kappa shape index (κ3) is 7.08. The lowest BCUT2D eigenvalue weighted by atomic mass is 9.86. The Kier molecular flexibility index (Phi) is 7.30. The summed E-state index contributed by atoms with van der Waals surface area (Å²) in [6.07, 6.45) is 1.84. The third-order valence-corrected chi connectivity index (χ3v) is 5.53. The number of piperidine rings is 1. The second-order valence-electron chi connectivity index (χ2n) is 8.86. The number of hydrogen-bond acceptors (Lipinski definition) is 4. The average molecular weight is 426 g/mol. The molecule has 0 aromatic heterocycles. The van der Waals surface area contributed by atoms with Crippen molar-refractivity contribution in [1.29, 1.82) is 0 Å². The molecule has 7 heteroatoms. The molecule has 166 valence electrons. The second-order valence-corrected chi connectivity index (χ2v) is 8.86. The monoisotopic (exact) mass is 425 g/mol. The van der Waals surface area contributed by atoms with Crippen LogP contribution in [-0.4, -0.2) is 45.8 Å². The van der Waals surface area contributed by atoms with Crippen LogP contribution in [0.5, 0.6) is 0 Å². The van der Waals surface area contributed by atoms with Crippen LogP contribution in [0.1, 0.15) is 49.0 Å². The largest absolute Gasteiger partial charge is 0.465 e. The van der Waals surface area contributed by atoms with E-state index in [0.29, 0.717) is 22.9 Å². The van der Waals surface area contributed by atoms with Gasteiger partial charge in [-0.2, -0.15) is 0 Å². The molecule has 0 spiro atoms. The van der Waals surface area contributed by atoms with E-state index in [1.807, 2.05) is 26.0 Å². The molecule has 2 aromatic carbocycles. The molecular weight excluding hydrogens is 394 g/mol. The summed E-state index contributed by atoms with van der Waals surface area (Å²) in [6, 6.07) is 14.2. The lowest BCUT2D eigenvalue weighted by Crippen LogP contribution is -2.35. The lowest BCUT2D eigenvalue weighted by Gasteiger charge is -2.34. The predicted octanol–water partition coefficient (Wildman–Crippen LogP) is 4.40. The quantitative estimate of drug-likeness (QED) is 0.527. The molecule has 0 unspecified atom stereocenters. The summed E-state index contributed by atoms with van der Waals surface area (Å²) < 4.78 is 0. The SMILES string of the molecule is CC(C)(O)CC1CCN(Cc2ccc(C(=O)Nc3ccccc3NC(=O)O)cc2)CC1. The smallest absolute Gasteiger partial charge is 0.409 e. The zero-order chi connectivity index (χ0) is 22.4. The van der Waals surface area contributed by atoms with E-state index < -0.39 is 11.7 Å². The molecule has 4 N–H and O–H groups in total. The van der Waals surface area contributed by atoms with Crippen LogP contribution in [-0.2, 0) is 6.54 Å². The molecule has 1 fully saturated rings. The Morgan fingerprint density at radius 3 is 2.13 bits per heavy atom. The fourth-order valence-electron chi connectivity index (χ4n) is 4.09. The number of aliphatic hydroxyl groups is 1. The van der Waals surface area contributed by atoms with Crippen molar-refractivity contribution in [2.45, 2.75) is 45.3 Å². The van der Waals surface area contributed by atoms with Crippen molar-refractivity contribution < 1.29 is 19.8 Å². The Hall–Kier alpha value is -2.90. The summed E-state index contributed by atoms with van der Waals surface area (Å²) in [7, 11) is 0. The molecule has 1 saturated heterocycles. The fraction of sp³-hybridized carbons (Fsp3) is 0.417. The van der Waals surface area contributed by atoms with Crippen molar-refractivity contribution in [1.82, 2.24) is 4.90 Å². The van der Waals surface area contributed by atoms with Gasteiger partial charge in [-0.3, -0.25) is 15.0 Å². The minimum Gasteiger partial charge on any atom is -0.465 e. The van der Waals surface area contributed by atoms with E-state index in [1.165, 1.54) is 0 Å². The first-order valence-electron chi connectivity index (χ1n) is 10.6. The summed E-state index contributed by atoms with van der Waals surface area (Å²) in [5.74, 6) is 0.277. The van der Waals surface area contributed by atoms with Crippen LogP contribution in [0.15, 0.2) is 48.5 Å². The van der Waals surface area contributed by atoms with Crippen LogP contribution >= 0.6 is 0 Å². The summed E-state index contributed by atoms with van der Waals surface area (Å²) in [5.41, 5.74) is 1.79. The number of rotatable bonds is 7. The Balaban J connectivity index is 1.54. The van der Waals surface area contributed by atoms with Crippen molar-refractivity contribution in [2.75, 3.05) is 23.7 Å². The molecule has 0 radical (unpaired) electrons. The average Bonchev–Trinajstić information content (AvgIpc) is 2.70. The first-order valence-corrected chi connectivity index (χ1v) is 10.6. The van der Waals surface area contributed by atoms with Gasteiger partial charge in [0.1, 0.15) is 0 Å². The molecular formula is C24H31N3O4. The second kappa shape index (κ2) is 9.94. The van der Waals surface area contributed by atoms with Crippen LogP contribution in [0.3, 0.4) is 0 Å². The molecule has 2 amide bonds. The Morgan fingerprint density at radius 2 is 1.58 bits per heavy atom. The standard InChI is InChI=1S/C24H31N3O4/c1-24(2,31)15-17-11-13-27(14-12-17)16-18-7-9-19(10-8-18)22(28)25-20-5-3-4-6-21(20)26-23(29)30/h3-10,17,26,31H,11-16H2,1-2H3,(H,25,28)(H,29,30). The number of amides is 2. The highest BCUT2D eigenvalue weighted by atomic mass is 16.4. The van der Waals surface area contributed by atoms with Crippen molar-refractivity contribution in [3.05, 3.63) is 59.7 Å². The minimum atomic E-state index is -1.19. The maximum absolute atomic E-state index is 12.6. The molecule has 0 bridgehead atoms. The van der Waals surface area contributed by atoms with Crippen molar-refractivity contribution in [2.24, 2.45) is 5.92 Å². The summed E-state index contributed by atoms with van der Waals surface area (Å²) in [6.45, 7) is 6.60. The summed E-state index contributed by atoms with van der Waals surface area (Å²) in [4.78, 5) is 25.9. The molecule has 31 heavy (non-hydrogen) atoms. The van der Waals surface area contributed by atoms with Crippen LogP contribution in [0.2, 0.25) is 0 Å².